The Bertz CT molecular complexity index is 675. The van der Waals surface area contributed by atoms with Crippen LogP contribution in [-0.2, 0) is 11.2 Å². The molecule has 2 aromatic rings. The van der Waals surface area contributed by atoms with Gasteiger partial charge in [0.15, 0.2) is 0 Å². The fourth-order valence-corrected chi connectivity index (χ4v) is 2.56. The van der Waals surface area contributed by atoms with Gasteiger partial charge in [0.05, 0.1) is 12.0 Å². The predicted molar refractivity (Wildman–Crippen MR) is 74.7 cm³/mol. The average molecular weight is 285 g/mol. The first-order chi connectivity index (χ1) is 9.58. The van der Waals surface area contributed by atoms with Crippen molar-refractivity contribution < 1.29 is 15.0 Å². The molecule has 5 heteroatoms. The van der Waals surface area contributed by atoms with E-state index in [1.54, 1.807) is 42.5 Å². The number of carboxylic acid groups (broad SMARTS) is 1. The second-order valence-corrected chi connectivity index (χ2v) is 5.22. The highest BCUT2D eigenvalue weighted by Crippen LogP contribution is 2.31. The van der Waals surface area contributed by atoms with Crippen LogP contribution in [0.15, 0.2) is 52.3 Å². The maximum absolute atomic E-state index is 10.7. The maximum Gasteiger partial charge on any atom is 0.307 e. The lowest BCUT2D eigenvalue weighted by atomic mass is 10.1. The van der Waals surface area contributed by atoms with Crippen LogP contribution < -0.4 is 0 Å². The van der Waals surface area contributed by atoms with Gasteiger partial charge in [-0.25, -0.2) is 0 Å². The van der Waals surface area contributed by atoms with Crippen molar-refractivity contribution in [2.24, 2.45) is 0 Å². The van der Waals surface area contributed by atoms with Gasteiger partial charge in [0.25, 0.3) is 0 Å². The molecular weight excluding hydrogens is 274 g/mol. The Morgan fingerprint density at radius 2 is 1.90 bits per heavy atom. The zero-order chi connectivity index (χ0) is 14.5. The first-order valence-corrected chi connectivity index (χ1v) is 6.62. The molecule has 2 rings (SSSR count). The smallest absolute Gasteiger partial charge is 0.307 e. The average Bonchev–Trinajstić information content (AvgIpc) is 2.42. The van der Waals surface area contributed by atoms with E-state index in [-0.39, 0.29) is 12.2 Å². The van der Waals surface area contributed by atoms with Crippen LogP contribution in [0.3, 0.4) is 0 Å². The van der Waals surface area contributed by atoms with Crippen LogP contribution in [0.5, 0.6) is 5.75 Å². The van der Waals surface area contributed by atoms with Gasteiger partial charge in [0.2, 0.25) is 0 Å². The first kappa shape index (κ1) is 14.0. The van der Waals surface area contributed by atoms with E-state index >= 15 is 0 Å². The molecule has 0 saturated carbocycles. The summed E-state index contributed by atoms with van der Waals surface area (Å²) >= 11 is 1.39. The minimum atomic E-state index is -0.923. The molecule has 0 atom stereocenters. The molecule has 0 spiro atoms. The molecule has 100 valence electrons. The second-order valence-electron chi connectivity index (χ2n) is 4.11. The number of rotatable bonds is 4. The lowest BCUT2D eigenvalue weighted by Crippen LogP contribution is -2.00. The topological polar surface area (TPSA) is 81.3 Å². The first-order valence-electron chi connectivity index (χ1n) is 5.80. The van der Waals surface area contributed by atoms with E-state index in [1.165, 1.54) is 11.8 Å². The molecule has 0 aliphatic rings. The molecular formula is C15H11NO3S. The van der Waals surface area contributed by atoms with Crippen LogP contribution in [0.2, 0.25) is 0 Å². The molecule has 2 aromatic carbocycles. The second kappa shape index (κ2) is 6.13. The molecule has 0 bridgehead atoms. The highest BCUT2D eigenvalue weighted by Gasteiger charge is 2.08. The van der Waals surface area contributed by atoms with Gasteiger partial charge < -0.3 is 10.2 Å². The van der Waals surface area contributed by atoms with Crippen LogP contribution in [-0.4, -0.2) is 16.2 Å². The van der Waals surface area contributed by atoms with Gasteiger partial charge in [-0.2, -0.15) is 5.26 Å². The van der Waals surface area contributed by atoms with Crippen molar-refractivity contribution in [2.75, 3.05) is 0 Å². The number of aliphatic carboxylic acids is 1. The third-order valence-corrected chi connectivity index (χ3v) is 3.67. The van der Waals surface area contributed by atoms with E-state index < -0.39 is 5.97 Å². The van der Waals surface area contributed by atoms with Crippen LogP contribution >= 0.6 is 11.8 Å². The standard InChI is InChI=1S/C15H11NO3S/c16-9-11-7-10(8-15(18)19)1-6-14(11)20-13-4-2-12(17)3-5-13/h1-7,17H,8H2,(H,18,19). The summed E-state index contributed by atoms with van der Waals surface area (Å²) < 4.78 is 0. The Morgan fingerprint density at radius 3 is 2.50 bits per heavy atom. The monoisotopic (exact) mass is 285 g/mol. The lowest BCUT2D eigenvalue weighted by molar-refractivity contribution is -0.136. The Morgan fingerprint density at radius 1 is 1.20 bits per heavy atom. The summed E-state index contributed by atoms with van der Waals surface area (Å²) in [6.45, 7) is 0. The molecule has 0 fully saturated rings. The summed E-state index contributed by atoms with van der Waals surface area (Å²) in [4.78, 5) is 12.3. The molecule has 0 unspecified atom stereocenters. The highest BCUT2D eigenvalue weighted by molar-refractivity contribution is 7.99. The molecule has 0 aliphatic carbocycles. The van der Waals surface area contributed by atoms with Gasteiger partial charge in [0.1, 0.15) is 11.8 Å². The van der Waals surface area contributed by atoms with E-state index in [9.17, 15) is 9.90 Å². The number of phenols is 1. The number of nitrogens with zero attached hydrogens (tertiary/aromatic N) is 1. The largest absolute Gasteiger partial charge is 0.508 e. The number of aromatic hydroxyl groups is 1. The quantitative estimate of drug-likeness (QED) is 0.902. The van der Waals surface area contributed by atoms with E-state index in [0.29, 0.717) is 11.1 Å². The SMILES string of the molecule is N#Cc1cc(CC(=O)O)ccc1Sc1ccc(O)cc1. The third-order valence-electron chi connectivity index (χ3n) is 2.58. The fourth-order valence-electron chi connectivity index (χ4n) is 1.68. The number of phenolic OH excluding ortho intramolecular Hbond substituents is 1. The molecule has 2 N–H and O–H groups in total. The van der Waals surface area contributed by atoms with Gasteiger partial charge in [0, 0.05) is 9.79 Å². The van der Waals surface area contributed by atoms with Crippen molar-refractivity contribution in [2.45, 2.75) is 16.2 Å². The van der Waals surface area contributed by atoms with E-state index in [0.717, 1.165) is 9.79 Å². The zero-order valence-electron chi connectivity index (χ0n) is 10.4. The van der Waals surface area contributed by atoms with Crippen molar-refractivity contribution in [3.63, 3.8) is 0 Å². The molecule has 0 heterocycles. The summed E-state index contributed by atoms with van der Waals surface area (Å²) in [6.07, 6.45) is -0.0984. The lowest BCUT2D eigenvalue weighted by Gasteiger charge is -2.06. The number of carboxylic acids is 1. The maximum atomic E-state index is 10.7. The Hall–Kier alpha value is -2.45. The van der Waals surface area contributed by atoms with Gasteiger partial charge in [-0.3, -0.25) is 4.79 Å². The van der Waals surface area contributed by atoms with Gasteiger partial charge in [-0.15, -0.1) is 0 Å². The van der Waals surface area contributed by atoms with Crippen molar-refractivity contribution in [3.8, 4) is 11.8 Å². The molecule has 0 amide bonds. The van der Waals surface area contributed by atoms with Gasteiger partial charge in [-0.05, 0) is 42.0 Å². The zero-order valence-corrected chi connectivity index (χ0v) is 11.2. The fraction of sp³-hybridized carbons (Fsp3) is 0.0667. The van der Waals surface area contributed by atoms with Gasteiger partial charge >= 0.3 is 5.97 Å². The Balaban J connectivity index is 2.26. The predicted octanol–water partition coefficient (Wildman–Crippen LogP) is 3.04. The summed E-state index contributed by atoms with van der Waals surface area (Å²) in [5.41, 5.74) is 1.05. The minimum Gasteiger partial charge on any atom is -0.508 e. The highest BCUT2D eigenvalue weighted by atomic mass is 32.2. The third kappa shape index (κ3) is 3.53. The molecule has 0 radical (unpaired) electrons. The normalized spacial score (nSPS) is 9.95. The van der Waals surface area contributed by atoms with E-state index in [4.69, 9.17) is 10.4 Å². The number of carbonyl (C=O) groups is 1. The number of hydrogen-bond acceptors (Lipinski definition) is 4. The van der Waals surface area contributed by atoms with E-state index in [2.05, 4.69) is 6.07 Å². The Labute approximate surface area is 120 Å². The van der Waals surface area contributed by atoms with Crippen LogP contribution in [0, 0.1) is 11.3 Å². The molecule has 0 saturated heterocycles. The molecule has 4 nitrogen and oxygen atoms in total. The molecule has 0 aliphatic heterocycles. The van der Waals surface area contributed by atoms with Crippen LogP contribution in [0.4, 0.5) is 0 Å². The number of hydrogen-bond donors (Lipinski definition) is 2. The van der Waals surface area contributed by atoms with Crippen molar-refractivity contribution in [1.82, 2.24) is 0 Å². The minimum absolute atomic E-state index is 0.0984. The number of nitriles is 1. The Kier molecular flexibility index (Phi) is 4.28. The van der Waals surface area contributed by atoms with Crippen LogP contribution in [0.1, 0.15) is 11.1 Å². The summed E-state index contributed by atoms with van der Waals surface area (Å²) in [5, 5.41) is 27.1. The molecule has 0 aromatic heterocycles. The molecule has 20 heavy (non-hydrogen) atoms. The van der Waals surface area contributed by atoms with Gasteiger partial charge in [-0.1, -0.05) is 17.8 Å². The van der Waals surface area contributed by atoms with Crippen molar-refractivity contribution >= 4 is 17.7 Å². The number of benzene rings is 2. The summed E-state index contributed by atoms with van der Waals surface area (Å²) in [7, 11) is 0. The summed E-state index contributed by atoms with van der Waals surface area (Å²) in [6, 6.07) is 13.8. The van der Waals surface area contributed by atoms with Crippen LogP contribution in [0.25, 0.3) is 0 Å². The van der Waals surface area contributed by atoms with E-state index in [1.807, 2.05) is 0 Å². The summed E-state index contributed by atoms with van der Waals surface area (Å²) in [5.74, 6) is -0.737. The van der Waals surface area contributed by atoms with Crippen molar-refractivity contribution in [1.29, 1.82) is 5.26 Å². The van der Waals surface area contributed by atoms with Crippen molar-refractivity contribution in [3.05, 3.63) is 53.6 Å².